The van der Waals surface area contributed by atoms with Crippen LogP contribution in [-0.2, 0) is 9.53 Å². The van der Waals surface area contributed by atoms with Crippen LogP contribution in [0.5, 0.6) is 0 Å². The van der Waals surface area contributed by atoms with Crippen LogP contribution in [0.3, 0.4) is 0 Å². The molecule has 0 aromatic carbocycles. The predicted octanol–water partition coefficient (Wildman–Crippen LogP) is -0.234. The maximum absolute atomic E-state index is 11.0. The van der Waals surface area contributed by atoms with E-state index in [1.165, 1.54) is 0 Å². The molecular weight excluding hydrogens is 190 g/mol. The Bertz CT molecular complexity index is 175. The highest BCUT2D eigenvalue weighted by atomic mass is 32.2. The van der Waals surface area contributed by atoms with Crippen LogP contribution < -0.4 is 11.1 Å². The topological polar surface area (TPSA) is 88.2 Å². The zero-order chi connectivity index (χ0) is 10.1. The van der Waals surface area contributed by atoms with Crippen molar-refractivity contribution in [3.8, 4) is 0 Å². The number of amides is 1. The lowest BCUT2D eigenvalue weighted by Gasteiger charge is -2.03. The number of thioether (sulfide) groups is 1. The van der Waals surface area contributed by atoms with Crippen LogP contribution in [0.2, 0.25) is 0 Å². The van der Waals surface area contributed by atoms with Gasteiger partial charge in [-0.05, 0) is 6.42 Å². The first-order valence-corrected chi connectivity index (χ1v) is 4.88. The molecule has 0 bridgehead atoms. The number of rotatable bonds is 6. The van der Waals surface area contributed by atoms with E-state index in [4.69, 9.17) is 15.9 Å². The van der Waals surface area contributed by atoms with Crippen molar-refractivity contribution in [1.29, 1.82) is 5.41 Å². The minimum Gasteiger partial charge on any atom is -0.385 e. The van der Waals surface area contributed by atoms with Crippen molar-refractivity contribution in [3.63, 3.8) is 0 Å². The summed E-state index contributed by atoms with van der Waals surface area (Å²) >= 11 is 1.02. The molecule has 0 spiro atoms. The summed E-state index contributed by atoms with van der Waals surface area (Å²) in [4.78, 5) is 11.0. The third-order valence-electron chi connectivity index (χ3n) is 1.21. The van der Waals surface area contributed by atoms with E-state index in [1.54, 1.807) is 7.11 Å². The van der Waals surface area contributed by atoms with E-state index in [2.05, 4.69) is 5.32 Å². The molecule has 0 saturated carbocycles. The highest BCUT2D eigenvalue weighted by molar-refractivity contribution is 8.14. The number of nitrogens with two attached hydrogens (primary N) is 1. The molecule has 13 heavy (non-hydrogen) atoms. The van der Waals surface area contributed by atoms with Crippen molar-refractivity contribution in [2.45, 2.75) is 6.42 Å². The Kier molecular flexibility index (Phi) is 7.42. The van der Waals surface area contributed by atoms with Gasteiger partial charge in [-0.15, -0.1) is 0 Å². The summed E-state index contributed by atoms with van der Waals surface area (Å²) in [6, 6.07) is 0. The van der Waals surface area contributed by atoms with E-state index in [9.17, 15) is 4.79 Å². The standard InChI is InChI=1S/C7H15N3O2S/c1-12-4-2-3-10-6(11)5-13-7(8)9/h2-5H2,1H3,(H3,8,9)(H,10,11). The Labute approximate surface area is 81.9 Å². The van der Waals surface area contributed by atoms with Crippen molar-refractivity contribution in [3.05, 3.63) is 0 Å². The quantitative estimate of drug-likeness (QED) is 0.317. The molecule has 0 aromatic rings. The summed E-state index contributed by atoms with van der Waals surface area (Å²) in [6.45, 7) is 1.24. The first kappa shape index (κ1) is 12.2. The summed E-state index contributed by atoms with van der Waals surface area (Å²) in [5.74, 6) is 0.110. The number of methoxy groups -OCH3 is 1. The summed E-state index contributed by atoms with van der Waals surface area (Å²) in [7, 11) is 1.62. The van der Waals surface area contributed by atoms with E-state index in [-0.39, 0.29) is 16.8 Å². The largest absolute Gasteiger partial charge is 0.385 e. The summed E-state index contributed by atoms with van der Waals surface area (Å²) in [5, 5.41) is 9.52. The smallest absolute Gasteiger partial charge is 0.230 e. The Morgan fingerprint density at radius 3 is 2.92 bits per heavy atom. The number of nitrogens with one attached hydrogen (secondary N) is 2. The normalized spacial score (nSPS) is 9.62. The van der Waals surface area contributed by atoms with Crippen molar-refractivity contribution in [2.24, 2.45) is 5.73 Å². The van der Waals surface area contributed by atoms with Crippen molar-refractivity contribution in [1.82, 2.24) is 5.32 Å². The predicted molar refractivity (Wildman–Crippen MR) is 53.9 cm³/mol. The van der Waals surface area contributed by atoms with Gasteiger partial charge >= 0.3 is 0 Å². The number of amidine groups is 1. The van der Waals surface area contributed by atoms with Gasteiger partial charge in [0.05, 0.1) is 5.75 Å². The van der Waals surface area contributed by atoms with E-state index in [0.29, 0.717) is 13.2 Å². The molecule has 5 nitrogen and oxygen atoms in total. The minimum absolute atomic E-state index is 0.0351. The van der Waals surface area contributed by atoms with E-state index >= 15 is 0 Å². The van der Waals surface area contributed by atoms with Crippen molar-refractivity contribution in [2.75, 3.05) is 26.0 Å². The molecule has 0 rings (SSSR count). The van der Waals surface area contributed by atoms with Gasteiger partial charge in [0.1, 0.15) is 0 Å². The molecule has 0 fully saturated rings. The Morgan fingerprint density at radius 1 is 1.69 bits per heavy atom. The summed E-state index contributed by atoms with van der Waals surface area (Å²) in [5.41, 5.74) is 5.06. The molecule has 0 aliphatic rings. The molecule has 0 heterocycles. The highest BCUT2D eigenvalue weighted by Crippen LogP contribution is 1.95. The highest BCUT2D eigenvalue weighted by Gasteiger charge is 2.01. The number of carbonyl (C=O) groups excluding carboxylic acids is 1. The monoisotopic (exact) mass is 205 g/mol. The molecule has 6 heteroatoms. The minimum atomic E-state index is -0.101. The maximum atomic E-state index is 11.0. The Hall–Kier alpha value is -0.750. The van der Waals surface area contributed by atoms with Gasteiger partial charge in [-0.25, -0.2) is 0 Å². The van der Waals surface area contributed by atoms with Gasteiger partial charge in [0, 0.05) is 20.3 Å². The van der Waals surface area contributed by atoms with Crippen molar-refractivity contribution >= 4 is 22.8 Å². The third-order valence-corrected chi connectivity index (χ3v) is 1.92. The molecule has 76 valence electrons. The fraction of sp³-hybridized carbons (Fsp3) is 0.714. The van der Waals surface area contributed by atoms with Crippen LogP contribution in [0.25, 0.3) is 0 Å². The Morgan fingerprint density at radius 2 is 2.38 bits per heavy atom. The molecule has 1 amide bonds. The third kappa shape index (κ3) is 9.16. The van der Waals surface area contributed by atoms with Crippen LogP contribution in [0.1, 0.15) is 6.42 Å². The van der Waals surface area contributed by atoms with E-state index < -0.39 is 0 Å². The summed E-state index contributed by atoms with van der Waals surface area (Å²) in [6.07, 6.45) is 0.799. The van der Waals surface area contributed by atoms with E-state index in [1.807, 2.05) is 0 Å². The second-order valence-electron chi connectivity index (χ2n) is 2.35. The fourth-order valence-electron chi connectivity index (χ4n) is 0.639. The molecular formula is C7H15N3O2S. The number of hydrogen-bond donors (Lipinski definition) is 3. The van der Waals surface area contributed by atoms with E-state index in [0.717, 1.165) is 18.2 Å². The van der Waals surface area contributed by atoms with Crippen LogP contribution in [-0.4, -0.2) is 37.1 Å². The van der Waals surface area contributed by atoms with Gasteiger partial charge in [0.15, 0.2) is 5.17 Å². The van der Waals surface area contributed by atoms with Crippen molar-refractivity contribution < 1.29 is 9.53 Å². The average Bonchev–Trinajstić information content (AvgIpc) is 2.09. The van der Waals surface area contributed by atoms with Gasteiger partial charge in [-0.1, -0.05) is 11.8 Å². The van der Waals surface area contributed by atoms with Gasteiger partial charge in [-0.3, -0.25) is 10.2 Å². The molecule has 0 saturated heterocycles. The lowest BCUT2D eigenvalue weighted by Crippen LogP contribution is -2.27. The molecule has 0 aliphatic carbocycles. The lowest BCUT2D eigenvalue weighted by atomic mass is 10.4. The van der Waals surface area contributed by atoms with Gasteiger partial charge in [0.2, 0.25) is 5.91 Å². The second-order valence-corrected chi connectivity index (χ2v) is 3.37. The first-order chi connectivity index (χ1) is 6.16. The Balaban J connectivity index is 3.25. The first-order valence-electron chi connectivity index (χ1n) is 3.89. The molecule has 4 N–H and O–H groups in total. The molecule has 0 aliphatic heterocycles. The summed E-state index contributed by atoms with van der Waals surface area (Å²) < 4.78 is 4.81. The fourth-order valence-corrected chi connectivity index (χ4v) is 1.03. The number of hydrogen-bond acceptors (Lipinski definition) is 4. The molecule has 0 aromatic heterocycles. The van der Waals surface area contributed by atoms with Crippen LogP contribution in [0.15, 0.2) is 0 Å². The van der Waals surface area contributed by atoms with Gasteiger partial charge < -0.3 is 15.8 Å². The SMILES string of the molecule is COCCCNC(=O)CSC(=N)N. The zero-order valence-corrected chi connectivity index (χ0v) is 8.45. The van der Waals surface area contributed by atoms with Crippen LogP contribution in [0.4, 0.5) is 0 Å². The van der Waals surface area contributed by atoms with Crippen LogP contribution in [0, 0.1) is 5.41 Å². The number of carbonyl (C=O) groups is 1. The molecule has 0 unspecified atom stereocenters. The van der Waals surface area contributed by atoms with Gasteiger partial charge in [0.25, 0.3) is 0 Å². The molecule has 0 atom stereocenters. The van der Waals surface area contributed by atoms with Crippen LogP contribution >= 0.6 is 11.8 Å². The zero-order valence-electron chi connectivity index (χ0n) is 7.63. The average molecular weight is 205 g/mol. The lowest BCUT2D eigenvalue weighted by molar-refractivity contribution is -0.118. The second kappa shape index (κ2) is 7.88. The number of ether oxygens (including phenoxy) is 1. The molecule has 0 radical (unpaired) electrons. The maximum Gasteiger partial charge on any atom is 0.230 e. The van der Waals surface area contributed by atoms with Gasteiger partial charge in [-0.2, -0.15) is 0 Å².